The Morgan fingerprint density at radius 2 is 1.70 bits per heavy atom. The third-order valence-corrected chi connectivity index (χ3v) is 3.45. The van der Waals surface area contributed by atoms with E-state index in [1.165, 1.54) is 12.1 Å². The number of halogens is 3. The van der Waals surface area contributed by atoms with Crippen LogP contribution in [-0.4, -0.2) is 12.4 Å². The molecule has 107 valence electrons. The quantitative estimate of drug-likeness (QED) is 0.510. The van der Waals surface area contributed by atoms with Crippen LogP contribution in [0.25, 0.3) is 0 Å². The summed E-state index contributed by atoms with van der Waals surface area (Å²) in [5.74, 6) is 0. The summed E-state index contributed by atoms with van der Waals surface area (Å²) in [5.41, 5.74) is 0.313. The molecule has 1 unspecified atom stereocenters. The van der Waals surface area contributed by atoms with Crippen LogP contribution in [-0.2, 0) is 64.2 Å². The number of aryl methyl sites for hydroxylation is 2. The van der Waals surface area contributed by atoms with E-state index in [0.29, 0.717) is 0 Å². The summed E-state index contributed by atoms with van der Waals surface area (Å²) < 4.78 is 39.7. The first-order chi connectivity index (χ1) is 8.28. The van der Waals surface area contributed by atoms with Crippen molar-refractivity contribution in [2.75, 3.05) is 0 Å². The number of hydrogen-bond acceptors (Lipinski definition) is 2. The van der Waals surface area contributed by atoms with Crippen molar-refractivity contribution in [1.82, 2.24) is 0 Å². The summed E-state index contributed by atoms with van der Waals surface area (Å²) in [7, 11) is 0. The van der Waals surface area contributed by atoms with E-state index in [2.05, 4.69) is 16.2 Å². The van der Waals surface area contributed by atoms with E-state index in [-0.39, 0.29) is 59.3 Å². The van der Waals surface area contributed by atoms with E-state index in [0.717, 1.165) is 16.7 Å². The first-order valence-corrected chi connectivity index (χ1v) is 5.54. The molecule has 0 saturated carbocycles. The Hall–Kier alpha value is 0.272. The maximum atomic E-state index is 13.2. The van der Waals surface area contributed by atoms with Gasteiger partial charge in [-0.3, -0.25) is 0 Å². The van der Waals surface area contributed by atoms with E-state index in [1.807, 2.05) is 6.92 Å². The summed E-state index contributed by atoms with van der Waals surface area (Å²) in [5, 5.41) is 3.19. The Morgan fingerprint density at radius 3 is 2.05 bits per heavy atom. The average molecular weight is 529 g/mol. The maximum absolute atomic E-state index is 13.2. The van der Waals surface area contributed by atoms with Crippen LogP contribution in [0.3, 0.4) is 0 Å². The standard InChI is InChI=1S/C13H13F3NO.W.Y/c1-8-6-11(7-9(2)10(8)3)12(13(14,15)16)4-5-17-18-12;;/h6-7H,4H2,1-3H3;;/q-1;;. The van der Waals surface area contributed by atoms with Crippen LogP contribution in [0.1, 0.15) is 28.7 Å². The van der Waals surface area contributed by atoms with Crippen molar-refractivity contribution in [2.45, 2.75) is 39.0 Å². The van der Waals surface area contributed by atoms with E-state index < -0.39 is 18.2 Å². The van der Waals surface area contributed by atoms with Gasteiger partial charge in [0.25, 0.3) is 0 Å². The van der Waals surface area contributed by atoms with Crippen molar-refractivity contribution in [2.24, 2.45) is 5.16 Å². The Morgan fingerprint density at radius 1 is 1.20 bits per heavy atom. The first kappa shape index (κ1) is 20.3. The van der Waals surface area contributed by atoms with Crippen LogP contribution >= 0.6 is 0 Å². The molecule has 1 aromatic rings. The molecule has 0 N–H and O–H groups in total. The van der Waals surface area contributed by atoms with Crippen molar-refractivity contribution >= 4 is 6.21 Å². The van der Waals surface area contributed by atoms with Crippen molar-refractivity contribution in [1.29, 1.82) is 0 Å². The topological polar surface area (TPSA) is 21.6 Å². The molecule has 0 bridgehead atoms. The zero-order valence-corrected chi connectivity index (χ0v) is 17.1. The van der Waals surface area contributed by atoms with Gasteiger partial charge < -0.3 is 16.2 Å². The van der Waals surface area contributed by atoms with Gasteiger partial charge in [0.15, 0.2) is 0 Å². The van der Waals surface area contributed by atoms with Gasteiger partial charge >= 0.3 is 6.18 Å². The molecule has 0 amide bonds. The molecule has 7 heteroatoms. The van der Waals surface area contributed by atoms with Gasteiger partial charge in [-0.25, -0.2) is 0 Å². The molecule has 2 rings (SSSR count). The predicted molar refractivity (Wildman–Crippen MR) is 61.5 cm³/mol. The number of rotatable bonds is 1. The van der Waals surface area contributed by atoms with Crippen LogP contribution in [0.4, 0.5) is 13.2 Å². The summed E-state index contributed by atoms with van der Waals surface area (Å²) in [6, 6.07) is 3.02. The van der Waals surface area contributed by atoms with E-state index in [9.17, 15) is 13.2 Å². The number of benzene rings is 1. The second-order valence-corrected chi connectivity index (χ2v) is 4.58. The Bertz CT molecular complexity index is 486. The molecule has 0 spiro atoms. The van der Waals surface area contributed by atoms with Crippen molar-refractivity contribution in [3.8, 4) is 0 Å². The van der Waals surface area contributed by atoms with E-state index in [1.54, 1.807) is 13.8 Å². The Labute approximate surface area is 155 Å². The molecule has 1 atom stereocenters. The molecule has 1 aromatic carbocycles. The van der Waals surface area contributed by atoms with Gasteiger partial charge in [-0.15, -0.1) is 6.42 Å². The third kappa shape index (κ3) is 3.36. The minimum Gasteiger partial charge on any atom is -0.414 e. The molecule has 1 heterocycles. The molecule has 1 aliphatic heterocycles. The maximum Gasteiger partial charge on any atom is 0.432 e. The van der Waals surface area contributed by atoms with E-state index >= 15 is 0 Å². The van der Waals surface area contributed by atoms with Crippen molar-refractivity contribution < 1.29 is 71.8 Å². The minimum absolute atomic E-state index is 0. The fourth-order valence-corrected chi connectivity index (χ4v) is 2.03. The molecular weight excluding hydrogens is 516 g/mol. The zero-order chi connectivity index (χ0) is 13.6. The monoisotopic (exact) mass is 529 g/mol. The molecule has 0 aliphatic carbocycles. The predicted octanol–water partition coefficient (Wildman–Crippen LogP) is 3.65. The summed E-state index contributed by atoms with van der Waals surface area (Å²) in [6.45, 7) is 5.46. The number of nitrogens with zero attached hydrogens (tertiary/aromatic N) is 1. The van der Waals surface area contributed by atoms with Gasteiger partial charge in [0.2, 0.25) is 5.60 Å². The first-order valence-electron chi connectivity index (χ1n) is 5.54. The largest absolute Gasteiger partial charge is 0.432 e. The second-order valence-electron chi connectivity index (χ2n) is 4.58. The van der Waals surface area contributed by atoms with Crippen LogP contribution in [0, 0.1) is 20.8 Å². The van der Waals surface area contributed by atoms with Gasteiger partial charge in [-0.05, 0) is 37.5 Å². The minimum atomic E-state index is -4.52. The molecule has 0 aromatic heterocycles. The SMILES string of the molecule is Cc1cc(C2(C(F)(F)F)C[C-]=NO2)cc(C)c1C.[W].[Y]. The molecule has 20 heavy (non-hydrogen) atoms. The third-order valence-electron chi connectivity index (χ3n) is 3.45. The van der Waals surface area contributed by atoms with Gasteiger partial charge in [0, 0.05) is 59.3 Å². The number of alkyl halides is 3. The van der Waals surface area contributed by atoms with Crippen LogP contribution in [0.15, 0.2) is 17.3 Å². The Kier molecular flexibility index (Phi) is 7.12. The Balaban J connectivity index is 0.00000180. The molecule has 1 aliphatic rings. The van der Waals surface area contributed by atoms with Crippen LogP contribution in [0.2, 0.25) is 0 Å². The summed E-state index contributed by atoms with van der Waals surface area (Å²) in [6.07, 6.45) is -2.67. The fourth-order valence-electron chi connectivity index (χ4n) is 2.03. The van der Waals surface area contributed by atoms with Crippen molar-refractivity contribution in [3.63, 3.8) is 0 Å². The molecule has 0 fully saturated rings. The zero-order valence-electron chi connectivity index (χ0n) is 11.3. The van der Waals surface area contributed by atoms with Gasteiger partial charge in [0.05, 0.1) is 0 Å². The fraction of sp³-hybridized carbons (Fsp3) is 0.462. The average Bonchev–Trinajstić information content (AvgIpc) is 2.74. The smallest absolute Gasteiger partial charge is 0.414 e. The molecular formula is C13H13F3NOWY-. The summed E-state index contributed by atoms with van der Waals surface area (Å²) in [4.78, 5) is 4.63. The molecule has 0 saturated heterocycles. The van der Waals surface area contributed by atoms with Gasteiger partial charge in [-0.2, -0.15) is 13.2 Å². The van der Waals surface area contributed by atoms with Gasteiger partial charge in [0.1, 0.15) is 0 Å². The normalized spacial score (nSPS) is 20.9. The molecule has 1 radical (unpaired) electrons. The molecule has 2 nitrogen and oxygen atoms in total. The second kappa shape index (κ2) is 7.02. The van der Waals surface area contributed by atoms with E-state index in [4.69, 9.17) is 0 Å². The summed E-state index contributed by atoms with van der Waals surface area (Å²) >= 11 is 0. The van der Waals surface area contributed by atoms with Crippen LogP contribution in [0.5, 0.6) is 0 Å². The van der Waals surface area contributed by atoms with Gasteiger partial charge in [-0.1, -0.05) is 12.1 Å². The van der Waals surface area contributed by atoms with Crippen molar-refractivity contribution in [3.05, 3.63) is 34.4 Å². The number of hydrogen-bond donors (Lipinski definition) is 0. The van der Waals surface area contributed by atoms with Crippen LogP contribution < -0.4 is 0 Å².